The zero-order valence-corrected chi connectivity index (χ0v) is 9.37. The lowest BCUT2D eigenvalue weighted by Crippen LogP contribution is -2.05. The lowest BCUT2D eigenvalue weighted by atomic mass is 10.2. The Labute approximate surface area is 93.9 Å². The summed E-state index contributed by atoms with van der Waals surface area (Å²) in [5.41, 5.74) is 2.45. The molecule has 0 unspecified atom stereocenters. The van der Waals surface area contributed by atoms with Crippen LogP contribution in [0.4, 0.5) is 10.1 Å². The summed E-state index contributed by atoms with van der Waals surface area (Å²) in [4.78, 5) is 4.00. The minimum Gasteiger partial charge on any atom is -0.377 e. The Kier molecular flexibility index (Phi) is 2.90. The van der Waals surface area contributed by atoms with Crippen molar-refractivity contribution in [2.24, 2.45) is 7.05 Å². The van der Waals surface area contributed by atoms with Gasteiger partial charge in [-0.15, -0.1) is 0 Å². The Balaban J connectivity index is 2.08. The number of imidazole rings is 1. The fourth-order valence-corrected chi connectivity index (χ4v) is 1.50. The molecule has 2 aromatic rings. The number of nitrogens with zero attached hydrogens (tertiary/aromatic N) is 2. The molecule has 0 radical (unpaired) electrons. The second-order valence-corrected chi connectivity index (χ2v) is 3.83. The van der Waals surface area contributed by atoms with Crippen LogP contribution in [-0.4, -0.2) is 9.55 Å². The number of anilines is 1. The summed E-state index contributed by atoms with van der Waals surface area (Å²) in [5.74, 6) is -0.220. The Bertz CT molecular complexity index is 491. The smallest absolute Gasteiger partial charge is 0.146 e. The third-order valence-electron chi connectivity index (χ3n) is 2.50. The fraction of sp³-hybridized carbons (Fsp3) is 0.250. The summed E-state index contributed by atoms with van der Waals surface area (Å²) in [6.07, 6.45) is 3.49. The number of aryl methyl sites for hydroxylation is 2. The molecule has 1 N–H and O–H groups in total. The van der Waals surface area contributed by atoms with Crippen LogP contribution in [-0.2, 0) is 13.6 Å². The lowest BCUT2D eigenvalue weighted by molar-refractivity contribution is 0.628. The monoisotopic (exact) mass is 219 g/mol. The molecule has 0 spiro atoms. The van der Waals surface area contributed by atoms with Gasteiger partial charge in [-0.3, -0.25) is 0 Å². The van der Waals surface area contributed by atoms with E-state index in [0.717, 1.165) is 11.3 Å². The second-order valence-electron chi connectivity index (χ2n) is 3.83. The SMILES string of the molecule is Cc1ccc(NCc2cncn2C)c(F)c1. The first-order valence-corrected chi connectivity index (χ1v) is 5.12. The van der Waals surface area contributed by atoms with Gasteiger partial charge in [0.2, 0.25) is 0 Å². The van der Waals surface area contributed by atoms with Crippen molar-refractivity contribution in [2.75, 3.05) is 5.32 Å². The van der Waals surface area contributed by atoms with Gasteiger partial charge in [-0.05, 0) is 24.6 Å². The molecule has 0 amide bonds. The highest BCUT2D eigenvalue weighted by Gasteiger charge is 2.03. The molecule has 16 heavy (non-hydrogen) atoms. The third-order valence-corrected chi connectivity index (χ3v) is 2.50. The van der Waals surface area contributed by atoms with Crippen molar-refractivity contribution in [1.82, 2.24) is 9.55 Å². The largest absolute Gasteiger partial charge is 0.377 e. The zero-order chi connectivity index (χ0) is 11.5. The van der Waals surface area contributed by atoms with Gasteiger partial charge < -0.3 is 9.88 Å². The lowest BCUT2D eigenvalue weighted by Gasteiger charge is -2.08. The van der Waals surface area contributed by atoms with E-state index >= 15 is 0 Å². The maximum absolute atomic E-state index is 13.5. The number of hydrogen-bond acceptors (Lipinski definition) is 2. The van der Waals surface area contributed by atoms with Crippen molar-refractivity contribution in [3.8, 4) is 0 Å². The summed E-state index contributed by atoms with van der Waals surface area (Å²) in [7, 11) is 1.91. The van der Waals surface area contributed by atoms with E-state index in [1.54, 1.807) is 18.6 Å². The van der Waals surface area contributed by atoms with Gasteiger partial charge in [0, 0.05) is 13.2 Å². The Morgan fingerprint density at radius 1 is 1.44 bits per heavy atom. The van der Waals surface area contributed by atoms with Gasteiger partial charge in [0.25, 0.3) is 0 Å². The molecule has 0 aliphatic heterocycles. The van der Waals surface area contributed by atoms with Crippen molar-refractivity contribution in [3.63, 3.8) is 0 Å². The molecule has 0 aliphatic rings. The normalized spacial score (nSPS) is 10.4. The Morgan fingerprint density at radius 2 is 2.25 bits per heavy atom. The molecule has 1 aromatic carbocycles. The maximum Gasteiger partial charge on any atom is 0.146 e. The summed E-state index contributed by atoms with van der Waals surface area (Å²) in [6.45, 7) is 2.43. The van der Waals surface area contributed by atoms with E-state index in [-0.39, 0.29) is 5.82 Å². The summed E-state index contributed by atoms with van der Waals surface area (Å²) in [5, 5.41) is 3.05. The topological polar surface area (TPSA) is 29.9 Å². The number of halogens is 1. The minimum absolute atomic E-state index is 0.220. The molecule has 84 valence electrons. The first-order valence-electron chi connectivity index (χ1n) is 5.12. The van der Waals surface area contributed by atoms with Crippen molar-refractivity contribution >= 4 is 5.69 Å². The van der Waals surface area contributed by atoms with Gasteiger partial charge in [-0.25, -0.2) is 9.37 Å². The summed E-state index contributed by atoms with van der Waals surface area (Å²) in [6, 6.07) is 5.15. The quantitative estimate of drug-likeness (QED) is 0.859. The number of nitrogens with one attached hydrogen (secondary N) is 1. The second kappa shape index (κ2) is 4.35. The average Bonchev–Trinajstić information content (AvgIpc) is 2.63. The first kappa shape index (κ1) is 10.7. The Hall–Kier alpha value is -1.84. The summed E-state index contributed by atoms with van der Waals surface area (Å²) < 4.78 is 15.4. The highest BCUT2D eigenvalue weighted by molar-refractivity contribution is 5.46. The van der Waals surface area contributed by atoms with Crippen molar-refractivity contribution in [2.45, 2.75) is 13.5 Å². The van der Waals surface area contributed by atoms with E-state index in [4.69, 9.17) is 0 Å². The highest BCUT2D eigenvalue weighted by atomic mass is 19.1. The standard InChI is InChI=1S/C12H14FN3/c1-9-3-4-12(11(13)5-9)15-7-10-6-14-8-16(10)2/h3-6,8,15H,7H2,1-2H3. The van der Waals surface area contributed by atoms with Crippen LogP contribution in [0, 0.1) is 12.7 Å². The van der Waals surface area contributed by atoms with Crippen LogP contribution < -0.4 is 5.32 Å². The molecule has 1 aromatic heterocycles. The number of benzene rings is 1. The van der Waals surface area contributed by atoms with E-state index < -0.39 is 0 Å². The van der Waals surface area contributed by atoms with Gasteiger partial charge in [-0.2, -0.15) is 0 Å². The molecule has 0 saturated heterocycles. The molecule has 0 bridgehead atoms. The summed E-state index contributed by atoms with van der Waals surface area (Å²) >= 11 is 0. The maximum atomic E-state index is 13.5. The molecule has 0 fully saturated rings. The van der Waals surface area contributed by atoms with Crippen molar-refractivity contribution < 1.29 is 4.39 Å². The van der Waals surface area contributed by atoms with Gasteiger partial charge in [-0.1, -0.05) is 6.07 Å². The van der Waals surface area contributed by atoms with Crippen LogP contribution in [0.1, 0.15) is 11.3 Å². The molecule has 3 nitrogen and oxygen atoms in total. The van der Waals surface area contributed by atoms with E-state index in [1.807, 2.05) is 24.6 Å². The van der Waals surface area contributed by atoms with Crippen LogP contribution in [0.15, 0.2) is 30.7 Å². The van der Waals surface area contributed by atoms with Crippen molar-refractivity contribution in [3.05, 3.63) is 47.8 Å². The first-order chi connectivity index (χ1) is 7.66. The average molecular weight is 219 g/mol. The molecular weight excluding hydrogens is 205 g/mol. The van der Waals surface area contributed by atoms with E-state index in [9.17, 15) is 4.39 Å². The van der Waals surface area contributed by atoms with Crippen LogP contribution in [0.5, 0.6) is 0 Å². The number of aromatic nitrogens is 2. The molecule has 0 atom stereocenters. The van der Waals surface area contributed by atoms with Gasteiger partial charge in [0.05, 0.1) is 24.3 Å². The van der Waals surface area contributed by atoms with Crippen LogP contribution in [0.2, 0.25) is 0 Å². The molecule has 0 saturated carbocycles. The van der Waals surface area contributed by atoms with E-state index in [0.29, 0.717) is 12.2 Å². The predicted octanol–water partition coefficient (Wildman–Crippen LogP) is 2.48. The number of hydrogen-bond donors (Lipinski definition) is 1. The molecule has 4 heteroatoms. The Morgan fingerprint density at radius 3 is 2.88 bits per heavy atom. The van der Waals surface area contributed by atoms with Crippen LogP contribution in [0.25, 0.3) is 0 Å². The van der Waals surface area contributed by atoms with Gasteiger partial charge >= 0.3 is 0 Å². The van der Waals surface area contributed by atoms with Gasteiger partial charge in [0.1, 0.15) is 5.82 Å². The van der Waals surface area contributed by atoms with Crippen LogP contribution in [0.3, 0.4) is 0 Å². The molecule has 1 heterocycles. The van der Waals surface area contributed by atoms with Gasteiger partial charge in [0.15, 0.2) is 0 Å². The molecule has 2 rings (SSSR count). The van der Waals surface area contributed by atoms with E-state index in [1.165, 1.54) is 6.07 Å². The van der Waals surface area contributed by atoms with Crippen LogP contribution >= 0.6 is 0 Å². The van der Waals surface area contributed by atoms with E-state index in [2.05, 4.69) is 10.3 Å². The minimum atomic E-state index is -0.220. The zero-order valence-electron chi connectivity index (χ0n) is 9.37. The third kappa shape index (κ3) is 2.21. The fourth-order valence-electron chi connectivity index (χ4n) is 1.50. The van der Waals surface area contributed by atoms with Crippen molar-refractivity contribution in [1.29, 1.82) is 0 Å². The molecular formula is C12H14FN3. The number of rotatable bonds is 3. The predicted molar refractivity (Wildman–Crippen MR) is 61.7 cm³/mol. The molecule has 0 aliphatic carbocycles. The highest BCUT2D eigenvalue weighted by Crippen LogP contribution is 2.16.